The average molecular weight is 261 g/mol. The van der Waals surface area contributed by atoms with Gasteiger partial charge in [-0.05, 0) is 30.7 Å². The zero-order valence-electron chi connectivity index (χ0n) is 10.6. The fourth-order valence-corrected chi connectivity index (χ4v) is 1.64. The van der Waals surface area contributed by atoms with Crippen molar-refractivity contribution in [3.05, 3.63) is 36.0 Å². The van der Waals surface area contributed by atoms with E-state index in [1.165, 1.54) is 6.20 Å². The van der Waals surface area contributed by atoms with Crippen molar-refractivity contribution in [2.45, 2.75) is 19.8 Å². The molecule has 19 heavy (non-hydrogen) atoms. The number of carboxylic acid groups (broad SMARTS) is 1. The number of aromatic carboxylic acids is 1. The van der Waals surface area contributed by atoms with E-state index in [1.807, 2.05) is 0 Å². The summed E-state index contributed by atoms with van der Waals surface area (Å²) in [5, 5.41) is 12.5. The zero-order chi connectivity index (χ0) is 13.7. The van der Waals surface area contributed by atoms with E-state index < -0.39 is 5.97 Å². The van der Waals surface area contributed by atoms with Crippen LogP contribution in [0.5, 0.6) is 5.75 Å². The van der Waals surface area contributed by atoms with Crippen molar-refractivity contribution >= 4 is 5.97 Å². The van der Waals surface area contributed by atoms with E-state index in [4.69, 9.17) is 14.4 Å². The molecule has 0 aliphatic carbocycles. The number of carbonyl (C=O) groups is 1. The van der Waals surface area contributed by atoms with Crippen LogP contribution in [0.4, 0.5) is 0 Å². The molecule has 0 spiro atoms. The van der Waals surface area contributed by atoms with Gasteiger partial charge in [-0.1, -0.05) is 18.5 Å². The Bertz CT molecular complexity index is 545. The van der Waals surface area contributed by atoms with Crippen LogP contribution in [0.3, 0.4) is 0 Å². The third-order valence-electron chi connectivity index (χ3n) is 2.68. The van der Waals surface area contributed by atoms with E-state index in [0.717, 1.165) is 18.6 Å². The summed E-state index contributed by atoms with van der Waals surface area (Å²) in [6, 6.07) is 7.10. The molecule has 0 fully saturated rings. The van der Waals surface area contributed by atoms with Gasteiger partial charge in [0.25, 0.3) is 0 Å². The van der Waals surface area contributed by atoms with Crippen molar-refractivity contribution in [2.75, 3.05) is 6.61 Å². The zero-order valence-corrected chi connectivity index (χ0v) is 10.6. The Balaban J connectivity index is 2.13. The van der Waals surface area contributed by atoms with Crippen LogP contribution >= 0.6 is 0 Å². The summed E-state index contributed by atoms with van der Waals surface area (Å²) < 4.78 is 10.5. The molecule has 0 unspecified atom stereocenters. The first-order chi connectivity index (χ1) is 9.22. The third kappa shape index (κ3) is 3.13. The highest BCUT2D eigenvalue weighted by molar-refractivity contribution is 5.93. The Morgan fingerprint density at radius 3 is 2.74 bits per heavy atom. The lowest BCUT2D eigenvalue weighted by Gasteiger charge is -2.05. The standard InChI is InChI=1S/C14H15NO4/c1-2-3-8-18-11-6-4-10(5-7-11)13-12(14(16)17)9-15-19-13/h4-7,9H,2-3,8H2,1H3,(H,16,17). The van der Waals surface area contributed by atoms with E-state index >= 15 is 0 Å². The highest BCUT2D eigenvalue weighted by atomic mass is 16.5. The normalized spacial score (nSPS) is 10.4. The predicted octanol–water partition coefficient (Wildman–Crippen LogP) is 3.22. The molecule has 0 aliphatic rings. The van der Waals surface area contributed by atoms with Crippen molar-refractivity contribution in [3.63, 3.8) is 0 Å². The van der Waals surface area contributed by atoms with Crippen molar-refractivity contribution in [3.8, 4) is 17.1 Å². The Hall–Kier alpha value is -2.30. The Morgan fingerprint density at radius 2 is 2.11 bits per heavy atom. The molecular formula is C14H15NO4. The molecule has 0 saturated carbocycles. The van der Waals surface area contributed by atoms with E-state index in [2.05, 4.69) is 12.1 Å². The Kier molecular flexibility index (Phi) is 4.18. The quantitative estimate of drug-likeness (QED) is 0.808. The lowest BCUT2D eigenvalue weighted by atomic mass is 10.1. The molecule has 0 bridgehead atoms. The van der Waals surface area contributed by atoms with Crippen LogP contribution in [0.15, 0.2) is 35.0 Å². The number of hydrogen-bond acceptors (Lipinski definition) is 4. The minimum absolute atomic E-state index is 0.0552. The summed E-state index contributed by atoms with van der Waals surface area (Å²) in [4.78, 5) is 11.0. The first-order valence-corrected chi connectivity index (χ1v) is 6.13. The Morgan fingerprint density at radius 1 is 1.37 bits per heavy atom. The van der Waals surface area contributed by atoms with Gasteiger partial charge in [0.15, 0.2) is 5.76 Å². The summed E-state index contributed by atoms with van der Waals surface area (Å²) in [6.07, 6.45) is 3.29. The molecule has 0 atom stereocenters. The number of ether oxygens (including phenoxy) is 1. The highest BCUT2D eigenvalue weighted by Gasteiger charge is 2.16. The molecule has 5 nitrogen and oxygen atoms in total. The van der Waals surface area contributed by atoms with Crippen LogP contribution in [0, 0.1) is 0 Å². The minimum atomic E-state index is -1.06. The van der Waals surface area contributed by atoms with Gasteiger partial charge in [0.05, 0.1) is 12.8 Å². The summed E-state index contributed by atoms with van der Waals surface area (Å²) in [5.74, 6) is -0.0410. The minimum Gasteiger partial charge on any atom is -0.494 e. The summed E-state index contributed by atoms with van der Waals surface area (Å²) >= 11 is 0. The van der Waals surface area contributed by atoms with Gasteiger partial charge < -0.3 is 14.4 Å². The largest absolute Gasteiger partial charge is 0.494 e. The molecular weight excluding hydrogens is 246 g/mol. The number of nitrogens with zero attached hydrogens (tertiary/aromatic N) is 1. The topological polar surface area (TPSA) is 72.6 Å². The van der Waals surface area contributed by atoms with Crippen molar-refractivity contribution in [1.82, 2.24) is 5.16 Å². The van der Waals surface area contributed by atoms with Crippen LogP contribution in [0.1, 0.15) is 30.1 Å². The molecule has 1 N–H and O–H groups in total. The summed E-state index contributed by atoms with van der Waals surface area (Å²) in [7, 11) is 0. The van der Waals surface area contributed by atoms with Gasteiger partial charge in [-0.2, -0.15) is 0 Å². The molecule has 1 aromatic carbocycles. The molecule has 0 amide bonds. The second kappa shape index (κ2) is 6.04. The number of aromatic nitrogens is 1. The fourth-order valence-electron chi connectivity index (χ4n) is 1.64. The number of hydrogen-bond donors (Lipinski definition) is 1. The first-order valence-electron chi connectivity index (χ1n) is 6.13. The van der Waals surface area contributed by atoms with E-state index in [-0.39, 0.29) is 11.3 Å². The maximum Gasteiger partial charge on any atom is 0.341 e. The molecule has 0 aliphatic heterocycles. The number of carboxylic acids is 1. The molecule has 0 radical (unpaired) electrons. The van der Waals surface area contributed by atoms with Gasteiger partial charge in [0.1, 0.15) is 11.3 Å². The highest BCUT2D eigenvalue weighted by Crippen LogP contribution is 2.25. The van der Waals surface area contributed by atoms with Crippen LogP contribution < -0.4 is 4.74 Å². The number of unbranched alkanes of at least 4 members (excludes halogenated alkanes) is 1. The second-order valence-electron chi connectivity index (χ2n) is 4.10. The van der Waals surface area contributed by atoms with Crippen LogP contribution in [0.2, 0.25) is 0 Å². The maximum absolute atomic E-state index is 11.0. The molecule has 1 aromatic heterocycles. The second-order valence-corrected chi connectivity index (χ2v) is 4.10. The third-order valence-corrected chi connectivity index (χ3v) is 2.68. The van der Waals surface area contributed by atoms with Gasteiger partial charge >= 0.3 is 5.97 Å². The van der Waals surface area contributed by atoms with Crippen LogP contribution in [-0.4, -0.2) is 22.8 Å². The predicted molar refractivity (Wildman–Crippen MR) is 69.3 cm³/mol. The van der Waals surface area contributed by atoms with Gasteiger partial charge in [0.2, 0.25) is 0 Å². The van der Waals surface area contributed by atoms with E-state index in [9.17, 15) is 4.79 Å². The Labute approximate surface area is 110 Å². The summed E-state index contributed by atoms with van der Waals surface area (Å²) in [6.45, 7) is 2.78. The molecule has 100 valence electrons. The first kappa shape index (κ1) is 13.1. The van der Waals surface area contributed by atoms with Gasteiger partial charge in [-0.25, -0.2) is 4.79 Å². The summed E-state index contributed by atoms with van der Waals surface area (Å²) in [5.41, 5.74) is 0.720. The lowest BCUT2D eigenvalue weighted by Crippen LogP contribution is -1.97. The number of rotatable bonds is 6. The molecule has 2 aromatic rings. The maximum atomic E-state index is 11.0. The monoisotopic (exact) mass is 261 g/mol. The van der Waals surface area contributed by atoms with E-state index in [0.29, 0.717) is 12.2 Å². The molecule has 2 rings (SSSR count). The van der Waals surface area contributed by atoms with Crippen molar-refractivity contribution in [1.29, 1.82) is 0 Å². The van der Waals surface area contributed by atoms with Crippen LogP contribution in [-0.2, 0) is 0 Å². The molecule has 0 saturated heterocycles. The average Bonchev–Trinajstić information content (AvgIpc) is 2.89. The van der Waals surface area contributed by atoms with Gasteiger partial charge in [0, 0.05) is 5.56 Å². The lowest BCUT2D eigenvalue weighted by molar-refractivity contribution is 0.0697. The van der Waals surface area contributed by atoms with Crippen molar-refractivity contribution < 1.29 is 19.2 Å². The number of benzene rings is 1. The SMILES string of the molecule is CCCCOc1ccc(-c2oncc2C(=O)O)cc1. The fraction of sp³-hybridized carbons (Fsp3) is 0.286. The van der Waals surface area contributed by atoms with Gasteiger partial charge in [-0.3, -0.25) is 0 Å². The smallest absolute Gasteiger partial charge is 0.341 e. The van der Waals surface area contributed by atoms with Crippen molar-refractivity contribution in [2.24, 2.45) is 0 Å². The van der Waals surface area contributed by atoms with E-state index in [1.54, 1.807) is 24.3 Å². The van der Waals surface area contributed by atoms with Gasteiger partial charge in [-0.15, -0.1) is 0 Å². The molecule has 5 heteroatoms. The van der Waals surface area contributed by atoms with Crippen LogP contribution in [0.25, 0.3) is 11.3 Å². The molecule has 1 heterocycles.